The second-order valence-corrected chi connectivity index (χ2v) is 4.25. The van der Waals surface area contributed by atoms with Gasteiger partial charge in [0.15, 0.2) is 0 Å². The zero-order valence-corrected chi connectivity index (χ0v) is 13.1. The van der Waals surface area contributed by atoms with E-state index in [0.717, 1.165) is 33.5 Å². The summed E-state index contributed by atoms with van der Waals surface area (Å²) < 4.78 is 13.4. The van der Waals surface area contributed by atoms with Crippen LogP contribution in [0.2, 0.25) is 0 Å². The fourth-order valence-electron chi connectivity index (χ4n) is 1.65. The van der Waals surface area contributed by atoms with Gasteiger partial charge in [-0.1, -0.05) is 0 Å². The number of hydrogen-bond acceptors (Lipinski definition) is 8. The first-order valence-corrected chi connectivity index (χ1v) is 6.44. The molecule has 0 unspecified atom stereocenters. The van der Waals surface area contributed by atoms with Gasteiger partial charge in [-0.2, -0.15) is 0 Å². The van der Waals surface area contributed by atoms with E-state index in [0.29, 0.717) is 0 Å². The van der Waals surface area contributed by atoms with Crippen LogP contribution in [0.4, 0.5) is 5.69 Å². The lowest BCUT2D eigenvalue weighted by Gasteiger charge is -2.12. The van der Waals surface area contributed by atoms with Crippen molar-refractivity contribution in [3.63, 3.8) is 0 Å². The lowest BCUT2D eigenvalue weighted by atomic mass is 10.1. The Kier molecular flexibility index (Phi) is 6.48. The summed E-state index contributed by atoms with van der Waals surface area (Å²) in [6, 6.07) is 3.63. The zero-order valence-electron chi connectivity index (χ0n) is 13.1. The number of benzene rings is 1. The van der Waals surface area contributed by atoms with Crippen molar-refractivity contribution < 1.29 is 38.5 Å². The SMILES string of the molecule is COC(=O)/C=C(/Nc1ccc(C(=O)OC)cc1C(=O)O)C(=O)OC. The third kappa shape index (κ3) is 4.57. The molecule has 0 radical (unpaired) electrons. The minimum absolute atomic E-state index is 0.0111. The van der Waals surface area contributed by atoms with Gasteiger partial charge in [0.25, 0.3) is 0 Å². The molecule has 0 saturated heterocycles. The van der Waals surface area contributed by atoms with Crippen molar-refractivity contribution in [2.75, 3.05) is 26.6 Å². The maximum atomic E-state index is 11.7. The van der Waals surface area contributed by atoms with Crippen LogP contribution in [0.5, 0.6) is 0 Å². The molecule has 1 aromatic carbocycles. The highest BCUT2D eigenvalue weighted by Gasteiger charge is 2.19. The second kappa shape index (κ2) is 8.32. The molecule has 128 valence electrons. The van der Waals surface area contributed by atoms with Crippen molar-refractivity contribution in [3.05, 3.63) is 41.1 Å². The van der Waals surface area contributed by atoms with Crippen LogP contribution in [0.3, 0.4) is 0 Å². The summed E-state index contributed by atoms with van der Waals surface area (Å²) in [5.74, 6) is -3.83. The molecule has 0 spiro atoms. The molecule has 0 amide bonds. The molecule has 0 fully saturated rings. The van der Waals surface area contributed by atoms with Gasteiger partial charge in [0.05, 0.1) is 44.2 Å². The number of nitrogens with one attached hydrogen (secondary N) is 1. The van der Waals surface area contributed by atoms with Gasteiger partial charge in [0.1, 0.15) is 5.70 Å². The highest BCUT2D eigenvalue weighted by atomic mass is 16.5. The van der Waals surface area contributed by atoms with Gasteiger partial charge in [0.2, 0.25) is 0 Å². The first-order valence-electron chi connectivity index (χ1n) is 6.44. The van der Waals surface area contributed by atoms with Crippen LogP contribution in [-0.2, 0) is 23.8 Å². The molecule has 0 aromatic heterocycles. The Balaban J connectivity index is 3.30. The van der Waals surface area contributed by atoms with Crippen LogP contribution in [0.1, 0.15) is 20.7 Å². The molecule has 1 rings (SSSR count). The molecule has 0 atom stereocenters. The van der Waals surface area contributed by atoms with Gasteiger partial charge in [-0.3, -0.25) is 0 Å². The van der Waals surface area contributed by atoms with Crippen molar-refractivity contribution in [3.8, 4) is 0 Å². The summed E-state index contributed by atoms with van der Waals surface area (Å²) in [6.07, 6.45) is 0.811. The number of hydrogen-bond donors (Lipinski definition) is 2. The third-order valence-electron chi connectivity index (χ3n) is 2.81. The van der Waals surface area contributed by atoms with Crippen LogP contribution in [0, 0.1) is 0 Å². The first-order chi connectivity index (χ1) is 11.3. The first kappa shape index (κ1) is 18.7. The number of methoxy groups -OCH3 is 3. The second-order valence-electron chi connectivity index (χ2n) is 4.25. The quantitative estimate of drug-likeness (QED) is 0.440. The van der Waals surface area contributed by atoms with Crippen LogP contribution in [0.25, 0.3) is 0 Å². The minimum atomic E-state index is -1.36. The fraction of sp³-hybridized carbons (Fsp3) is 0.200. The minimum Gasteiger partial charge on any atom is -0.478 e. The molecule has 9 heteroatoms. The highest BCUT2D eigenvalue weighted by molar-refractivity contribution is 6.03. The van der Waals surface area contributed by atoms with E-state index < -0.39 is 23.9 Å². The molecule has 0 aliphatic heterocycles. The normalized spacial score (nSPS) is 10.5. The topological polar surface area (TPSA) is 128 Å². The van der Waals surface area contributed by atoms with Gasteiger partial charge < -0.3 is 24.6 Å². The Morgan fingerprint density at radius 1 is 1.04 bits per heavy atom. The van der Waals surface area contributed by atoms with E-state index in [1.165, 1.54) is 12.1 Å². The summed E-state index contributed by atoms with van der Waals surface area (Å²) >= 11 is 0. The maximum Gasteiger partial charge on any atom is 0.354 e. The number of anilines is 1. The van der Waals surface area contributed by atoms with E-state index >= 15 is 0 Å². The molecular formula is C15H15NO8. The Hall–Kier alpha value is -3.36. The summed E-state index contributed by atoms with van der Waals surface area (Å²) in [5, 5.41) is 11.7. The van der Waals surface area contributed by atoms with E-state index in [2.05, 4.69) is 19.5 Å². The summed E-state index contributed by atoms with van der Waals surface area (Å²) in [6.45, 7) is 0. The molecule has 0 heterocycles. The van der Waals surface area contributed by atoms with Crippen molar-refractivity contribution >= 4 is 29.6 Å². The highest BCUT2D eigenvalue weighted by Crippen LogP contribution is 2.20. The van der Waals surface area contributed by atoms with Crippen molar-refractivity contribution in [2.45, 2.75) is 0 Å². The zero-order chi connectivity index (χ0) is 18.3. The average Bonchev–Trinajstić information content (AvgIpc) is 2.59. The lowest BCUT2D eigenvalue weighted by molar-refractivity contribution is -0.138. The van der Waals surface area contributed by atoms with E-state index in [-0.39, 0.29) is 22.5 Å². The Morgan fingerprint density at radius 3 is 2.21 bits per heavy atom. The number of esters is 3. The van der Waals surface area contributed by atoms with Gasteiger partial charge in [-0.25, -0.2) is 19.2 Å². The molecule has 0 aliphatic rings. The number of carbonyl (C=O) groups is 4. The predicted octanol–water partition coefficient (Wildman–Crippen LogP) is 0.813. The van der Waals surface area contributed by atoms with Crippen LogP contribution >= 0.6 is 0 Å². The van der Waals surface area contributed by atoms with Gasteiger partial charge in [-0.15, -0.1) is 0 Å². The third-order valence-corrected chi connectivity index (χ3v) is 2.81. The van der Waals surface area contributed by atoms with Crippen LogP contribution < -0.4 is 5.32 Å². The number of carboxylic acids is 1. The molecule has 24 heavy (non-hydrogen) atoms. The largest absolute Gasteiger partial charge is 0.478 e. The predicted molar refractivity (Wildman–Crippen MR) is 80.5 cm³/mol. The van der Waals surface area contributed by atoms with Gasteiger partial charge in [0, 0.05) is 0 Å². The maximum absolute atomic E-state index is 11.7. The number of ether oxygens (including phenoxy) is 3. The summed E-state index contributed by atoms with van der Waals surface area (Å²) in [4.78, 5) is 45.8. The summed E-state index contributed by atoms with van der Waals surface area (Å²) in [7, 11) is 3.36. The molecule has 1 aromatic rings. The molecule has 0 bridgehead atoms. The number of rotatable bonds is 6. The van der Waals surface area contributed by atoms with Crippen LogP contribution in [0.15, 0.2) is 30.0 Å². The number of aromatic carboxylic acids is 1. The molecule has 0 aliphatic carbocycles. The fourth-order valence-corrected chi connectivity index (χ4v) is 1.65. The van der Waals surface area contributed by atoms with Gasteiger partial charge in [-0.05, 0) is 18.2 Å². The van der Waals surface area contributed by atoms with E-state index in [4.69, 9.17) is 0 Å². The molecule has 9 nitrogen and oxygen atoms in total. The van der Waals surface area contributed by atoms with Crippen molar-refractivity contribution in [1.82, 2.24) is 0 Å². The van der Waals surface area contributed by atoms with Crippen molar-refractivity contribution in [1.29, 1.82) is 0 Å². The molecule has 0 saturated carbocycles. The monoisotopic (exact) mass is 337 g/mol. The Bertz CT molecular complexity index is 707. The summed E-state index contributed by atoms with van der Waals surface area (Å²) in [5.41, 5.74) is -0.664. The van der Waals surface area contributed by atoms with Gasteiger partial charge >= 0.3 is 23.9 Å². The van der Waals surface area contributed by atoms with Crippen molar-refractivity contribution in [2.24, 2.45) is 0 Å². The standard InChI is InChI=1S/C15H15NO8/c1-22-12(17)7-11(15(21)24-3)16-10-5-4-8(14(20)23-2)6-9(10)13(18)19/h4-7,16H,1-3H3,(H,18,19)/b11-7+. The van der Waals surface area contributed by atoms with E-state index in [9.17, 15) is 24.3 Å². The smallest absolute Gasteiger partial charge is 0.354 e. The average molecular weight is 337 g/mol. The molecular weight excluding hydrogens is 322 g/mol. The van der Waals surface area contributed by atoms with E-state index in [1.807, 2.05) is 0 Å². The van der Waals surface area contributed by atoms with E-state index in [1.54, 1.807) is 0 Å². The number of carbonyl (C=O) groups excluding carboxylic acids is 3. The Labute approximate surface area is 136 Å². The Morgan fingerprint density at radius 2 is 1.71 bits per heavy atom. The lowest BCUT2D eigenvalue weighted by Crippen LogP contribution is -2.17. The van der Waals surface area contributed by atoms with Crippen LogP contribution in [-0.4, -0.2) is 50.3 Å². The number of carboxylic acid groups (broad SMARTS) is 1. The molecule has 2 N–H and O–H groups in total.